The van der Waals surface area contributed by atoms with E-state index in [-0.39, 0.29) is 11.7 Å². The molecular weight excluding hydrogens is 336 g/mol. The van der Waals surface area contributed by atoms with Crippen LogP contribution in [0.15, 0.2) is 33.6 Å². The van der Waals surface area contributed by atoms with E-state index in [1.807, 2.05) is 13.0 Å². The Morgan fingerprint density at radius 2 is 2.38 bits per heavy atom. The SMILES string of the molecule is COC(=O)/C(Br)=C/CC[C@@]1(C)C(=O)CC[C@@H]1c1ccoc1. The summed E-state index contributed by atoms with van der Waals surface area (Å²) < 4.78 is 10.2. The van der Waals surface area contributed by atoms with Crippen LogP contribution in [0.25, 0.3) is 0 Å². The van der Waals surface area contributed by atoms with Gasteiger partial charge in [-0.05, 0) is 52.7 Å². The van der Waals surface area contributed by atoms with Crippen molar-refractivity contribution in [2.45, 2.75) is 38.5 Å². The number of carbonyl (C=O) groups excluding carboxylic acids is 2. The summed E-state index contributed by atoms with van der Waals surface area (Å²) in [7, 11) is 1.34. The topological polar surface area (TPSA) is 56.5 Å². The van der Waals surface area contributed by atoms with Crippen LogP contribution < -0.4 is 0 Å². The number of Topliss-reactive ketones (excluding diaryl/α,β-unsaturated/α-hetero) is 1. The molecule has 1 aliphatic carbocycles. The number of halogens is 1. The third kappa shape index (κ3) is 3.28. The van der Waals surface area contributed by atoms with Gasteiger partial charge in [0.25, 0.3) is 0 Å². The first-order valence-electron chi connectivity index (χ1n) is 6.98. The van der Waals surface area contributed by atoms with Crippen molar-refractivity contribution >= 4 is 27.7 Å². The molecule has 0 amide bonds. The second-order valence-corrected chi connectivity index (χ2v) is 6.43. The van der Waals surface area contributed by atoms with Gasteiger partial charge in [-0.1, -0.05) is 13.0 Å². The second-order valence-electron chi connectivity index (χ2n) is 5.57. The lowest BCUT2D eigenvalue weighted by Gasteiger charge is -2.29. The number of rotatable bonds is 5. The van der Waals surface area contributed by atoms with Crippen molar-refractivity contribution in [3.05, 3.63) is 34.7 Å². The molecule has 4 nitrogen and oxygen atoms in total. The largest absolute Gasteiger partial charge is 0.472 e. The molecule has 0 unspecified atom stereocenters. The summed E-state index contributed by atoms with van der Waals surface area (Å²) in [6, 6.07) is 1.93. The van der Waals surface area contributed by atoms with E-state index in [0.29, 0.717) is 23.7 Å². The molecule has 0 radical (unpaired) electrons. The highest BCUT2D eigenvalue weighted by atomic mass is 79.9. The lowest BCUT2D eigenvalue weighted by molar-refractivity contribution is -0.135. The van der Waals surface area contributed by atoms with E-state index >= 15 is 0 Å². The van der Waals surface area contributed by atoms with Gasteiger partial charge in [-0.3, -0.25) is 4.79 Å². The standard InChI is InChI=1S/C16H19BrO4/c1-16(8-3-4-13(17)15(19)20-2)12(5-6-14(16)18)11-7-9-21-10-11/h4,7,9-10,12H,3,5-6,8H2,1-2H3/b13-4-/t12-,16-/m1/s1. The number of hydrogen-bond donors (Lipinski definition) is 0. The molecule has 0 spiro atoms. The van der Waals surface area contributed by atoms with Gasteiger partial charge < -0.3 is 9.15 Å². The van der Waals surface area contributed by atoms with Crippen molar-refractivity contribution in [3.63, 3.8) is 0 Å². The van der Waals surface area contributed by atoms with E-state index in [4.69, 9.17) is 4.42 Å². The number of ketones is 1. The summed E-state index contributed by atoms with van der Waals surface area (Å²) in [4.78, 5) is 23.6. The quantitative estimate of drug-likeness (QED) is 0.593. The fourth-order valence-corrected chi connectivity index (χ4v) is 3.47. The number of ether oxygens (including phenoxy) is 1. The number of furan rings is 1. The minimum atomic E-state index is -0.399. The average molecular weight is 355 g/mol. The smallest absolute Gasteiger partial charge is 0.344 e. The van der Waals surface area contributed by atoms with Crippen LogP contribution in [-0.4, -0.2) is 18.9 Å². The first-order chi connectivity index (χ1) is 9.99. The van der Waals surface area contributed by atoms with Crippen molar-refractivity contribution in [3.8, 4) is 0 Å². The van der Waals surface area contributed by atoms with Crippen LogP contribution in [0.5, 0.6) is 0 Å². The zero-order valence-electron chi connectivity index (χ0n) is 12.2. The van der Waals surface area contributed by atoms with Crippen molar-refractivity contribution in [1.82, 2.24) is 0 Å². The van der Waals surface area contributed by atoms with Crippen molar-refractivity contribution in [1.29, 1.82) is 0 Å². The Morgan fingerprint density at radius 3 is 3.00 bits per heavy atom. The Hall–Kier alpha value is -1.36. The zero-order valence-corrected chi connectivity index (χ0v) is 13.8. The summed E-state index contributed by atoms with van der Waals surface area (Å²) in [5, 5.41) is 0. The van der Waals surface area contributed by atoms with Gasteiger partial charge in [0, 0.05) is 11.8 Å². The van der Waals surface area contributed by atoms with Crippen LogP contribution >= 0.6 is 15.9 Å². The summed E-state index contributed by atoms with van der Waals surface area (Å²) in [6.07, 6.45) is 7.95. The molecule has 0 aromatic carbocycles. The van der Waals surface area contributed by atoms with Gasteiger partial charge in [0.05, 0.1) is 24.1 Å². The van der Waals surface area contributed by atoms with E-state index in [1.165, 1.54) is 7.11 Å². The van der Waals surface area contributed by atoms with E-state index < -0.39 is 11.4 Å². The predicted molar refractivity (Wildman–Crippen MR) is 82.1 cm³/mol. The van der Waals surface area contributed by atoms with Crippen molar-refractivity contribution in [2.24, 2.45) is 5.41 Å². The molecule has 0 bridgehead atoms. The monoisotopic (exact) mass is 354 g/mol. The molecule has 114 valence electrons. The van der Waals surface area contributed by atoms with E-state index in [2.05, 4.69) is 20.7 Å². The molecule has 1 aromatic heterocycles. The lowest BCUT2D eigenvalue weighted by atomic mass is 9.73. The number of methoxy groups -OCH3 is 1. The molecular formula is C16H19BrO4. The maximum Gasteiger partial charge on any atom is 0.344 e. The molecule has 5 heteroatoms. The molecule has 1 fully saturated rings. The fourth-order valence-electron chi connectivity index (χ4n) is 3.07. The van der Waals surface area contributed by atoms with Gasteiger partial charge in [0.15, 0.2) is 0 Å². The number of esters is 1. The Morgan fingerprint density at radius 1 is 1.62 bits per heavy atom. The third-order valence-electron chi connectivity index (χ3n) is 4.38. The molecule has 1 saturated carbocycles. The zero-order chi connectivity index (χ0) is 15.5. The molecule has 2 atom stereocenters. The summed E-state index contributed by atoms with van der Waals surface area (Å²) in [6.45, 7) is 2.01. The van der Waals surface area contributed by atoms with Crippen LogP contribution in [0.3, 0.4) is 0 Å². The van der Waals surface area contributed by atoms with Gasteiger partial charge in [-0.2, -0.15) is 0 Å². The summed E-state index contributed by atoms with van der Waals surface area (Å²) >= 11 is 3.19. The first kappa shape index (κ1) is 16.0. The summed E-state index contributed by atoms with van der Waals surface area (Å²) in [5.74, 6) is 0.0784. The van der Waals surface area contributed by atoms with E-state index in [1.54, 1.807) is 18.6 Å². The molecule has 1 aliphatic rings. The Bertz CT molecular complexity index is 547. The minimum absolute atomic E-state index is 0.189. The van der Waals surface area contributed by atoms with Gasteiger partial charge in [0.2, 0.25) is 0 Å². The van der Waals surface area contributed by atoms with Gasteiger partial charge in [-0.25, -0.2) is 4.79 Å². The maximum atomic E-state index is 12.3. The summed E-state index contributed by atoms with van der Waals surface area (Å²) in [5.41, 5.74) is 0.684. The molecule has 2 rings (SSSR count). The normalized spacial score (nSPS) is 26.1. The van der Waals surface area contributed by atoms with Gasteiger partial charge in [0.1, 0.15) is 5.78 Å². The predicted octanol–water partition coefficient (Wildman–Crippen LogP) is 3.96. The minimum Gasteiger partial charge on any atom is -0.472 e. The third-order valence-corrected chi connectivity index (χ3v) is 5.03. The van der Waals surface area contributed by atoms with E-state index in [9.17, 15) is 9.59 Å². The van der Waals surface area contributed by atoms with Crippen molar-refractivity contribution in [2.75, 3.05) is 7.11 Å². The van der Waals surface area contributed by atoms with Crippen LogP contribution in [-0.2, 0) is 14.3 Å². The highest BCUT2D eigenvalue weighted by molar-refractivity contribution is 9.12. The molecule has 0 saturated heterocycles. The van der Waals surface area contributed by atoms with Gasteiger partial charge in [-0.15, -0.1) is 0 Å². The molecule has 0 aliphatic heterocycles. The lowest BCUT2D eigenvalue weighted by Crippen LogP contribution is -2.27. The number of hydrogen-bond acceptors (Lipinski definition) is 4. The van der Waals surface area contributed by atoms with Crippen LogP contribution in [0, 0.1) is 5.41 Å². The second kappa shape index (κ2) is 6.60. The van der Waals surface area contributed by atoms with Crippen LogP contribution in [0.4, 0.5) is 0 Å². The highest BCUT2D eigenvalue weighted by Crippen LogP contribution is 2.49. The Balaban J connectivity index is 2.08. The average Bonchev–Trinajstić information content (AvgIpc) is 3.08. The molecule has 1 aromatic rings. The molecule has 21 heavy (non-hydrogen) atoms. The number of carbonyl (C=O) groups is 2. The highest BCUT2D eigenvalue weighted by Gasteiger charge is 2.46. The van der Waals surface area contributed by atoms with Gasteiger partial charge >= 0.3 is 5.97 Å². The van der Waals surface area contributed by atoms with Crippen LogP contribution in [0.2, 0.25) is 0 Å². The Kier molecular flexibility index (Phi) is 5.04. The van der Waals surface area contributed by atoms with Crippen molar-refractivity contribution < 1.29 is 18.7 Å². The molecule has 1 heterocycles. The maximum absolute atomic E-state index is 12.3. The first-order valence-corrected chi connectivity index (χ1v) is 7.77. The Labute approximate surface area is 132 Å². The fraction of sp³-hybridized carbons (Fsp3) is 0.500. The molecule has 0 N–H and O–H groups in total. The number of allylic oxidation sites excluding steroid dienone is 1. The van der Waals surface area contributed by atoms with E-state index in [0.717, 1.165) is 12.0 Å². The van der Waals surface area contributed by atoms with Crippen LogP contribution in [0.1, 0.15) is 44.1 Å².